The number of anilines is 1. The second-order valence-corrected chi connectivity index (χ2v) is 7.21. The van der Waals surface area contributed by atoms with Crippen molar-refractivity contribution in [2.24, 2.45) is 0 Å². The molecule has 0 bridgehead atoms. The lowest BCUT2D eigenvalue weighted by Gasteiger charge is -2.07. The highest BCUT2D eigenvalue weighted by Gasteiger charge is 2.18. The molecule has 0 aliphatic heterocycles. The van der Waals surface area contributed by atoms with E-state index in [1.54, 1.807) is 37.4 Å². The summed E-state index contributed by atoms with van der Waals surface area (Å²) in [6, 6.07) is 12.1. The average Bonchev–Trinajstić information content (AvgIpc) is 3.02. The average molecular weight is 404 g/mol. The van der Waals surface area contributed by atoms with Gasteiger partial charge in [0, 0.05) is 15.8 Å². The fourth-order valence-electron chi connectivity index (χ4n) is 2.51. The quantitative estimate of drug-likeness (QED) is 0.561. The molecule has 0 aliphatic carbocycles. The monoisotopic (exact) mass is 403 g/mol. The van der Waals surface area contributed by atoms with Gasteiger partial charge >= 0.3 is 5.97 Å². The van der Waals surface area contributed by atoms with Gasteiger partial charge in [0.15, 0.2) is 0 Å². The van der Waals surface area contributed by atoms with E-state index in [9.17, 15) is 9.59 Å². The summed E-state index contributed by atoms with van der Waals surface area (Å²) < 4.78 is 11.2. The number of benzene rings is 2. The van der Waals surface area contributed by atoms with Crippen LogP contribution in [0, 0.1) is 0 Å². The van der Waals surface area contributed by atoms with Crippen LogP contribution in [0.15, 0.2) is 42.5 Å². The van der Waals surface area contributed by atoms with E-state index in [2.05, 4.69) is 5.32 Å². The molecule has 0 aliphatic rings. The molecule has 5 nitrogen and oxygen atoms in total. The molecule has 0 fully saturated rings. The van der Waals surface area contributed by atoms with Gasteiger partial charge in [-0.3, -0.25) is 4.79 Å². The van der Waals surface area contributed by atoms with Crippen LogP contribution in [0.25, 0.3) is 10.1 Å². The van der Waals surface area contributed by atoms with Crippen LogP contribution in [0.4, 0.5) is 5.69 Å². The number of thiophene rings is 1. The number of ether oxygens (including phenoxy) is 2. The van der Waals surface area contributed by atoms with Crippen LogP contribution >= 0.6 is 22.9 Å². The predicted molar refractivity (Wildman–Crippen MR) is 108 cm³/mol. The Morgan fingerprint density at radius 2 is 2.00 bits per heavy atom. The molecule has 0 saturated heterocycles. The van der Waals surface area contributed by atoms with Gasteiger partial charge < -0.3 is 14.8 Å². The number of methoxy groups -OCH3 is 1. The van der Waals surface area contributed by atoms with Gasteiger partial charge in [0.2, 0.25) is 0 Å². The van der Waals surface area contributed by atoms with E-state index in [1.165, 1.54) is 11.3 Å². The molecule has 27 heavy (non-hydrogen) atoms. The fourth-order valence-corrected chi connectivity index (χ4v) is 3.89. The van der Waals surface area contributed by atoms with Gasteiger partial charge in [-0.05, 0) is 42.8 Å². The summed E-state index contributed by atoms with van der Waals surface area (Å²) in [7, 11) is 1.58. The zero-order valence-corrected chi connectivity index (χ0v) is 16.4. The highest BCUT2D eigenvalue weighted by Crippen LogP contribution is 2.37. The maximum absolute atomic E-state index is 12.7. The number of hydrogen-bond donors (Lipinski definition) is 1. The zero-order chi connectivity index (χ0) is 19.4. The standard InChI is InChI=1S/C20H18ClNO4S/c1-3-9-26-20(24)12-5-4-6-13(10-12)22-19(23)18-17(21)15-11-14(25-2)7-8-16(15)27-18/h4-8,10-11H,3,9H2,1-2H3,(H,22,23). The van der Waals surface area contributed by atoms with Gasteiger partial charge in [0.05, 0.1) is 24.3 Å². The number of carbonyl (C=O) groups excluding carboxylic acids is 2. The molecule has 0 unspecified atom stereocenters. The highest BCUT2D eigenvalue weighted by molar-refractivity contribution is 7.21. The van der Waals surface area contributed by atoms with Crippen molar-refractivity contribution in [3.63, 3.8) is 0 Å². The number of esters is 1. The third-order valence-corrected chi connectivity index (χ3v) is 5.51. The lowest BCUT2D eigenvalue weighted by molar-refractivity contribution is 0.0505. The van der Waals surface area contributed by atoms with Crippen molar-refractivity contribution in [2.45, 2.75) is 13.3 Å². The Morgan fingerprint density at radius 3 is 2.74 bits per heavy atom. The molecule has 0 saturated carbocycles. The molecule has 3 aromatic rings. The summed E-state index contributed by atoms with van der Waals surface area (Å²) in [6.45, 7) is 2.28. The minimum Gasteiger partial charge on any atom is -0.497 e. The van der Waals surface area contributed by atoms with Crippen molar-refractivity contribution in [2.75, 3.05) is 19.0 Å². The van der Waals surface area contributed by atoms with E-state index in [1.807, 2.05) is 19.1 Å². The zero-order valence-electron chi connectivity index (χ0n) is 14.9. The predicted octanol–water partition coefficient (Wildman–Crippen LogP) is 5.38. The van der Waals surface area contributed by atoms with Crippen LogP contribution in [0.3, 0.4) is 0 Å². The van der Waals surface area contributed by atoms with Gasteiger partial charge in [-0.15, -0.1) is 11.3 Å². The summed E-state index contributed by atoms with van der Waals surface area (Å²) in [5.74, 6) is -0.0772. The number of nitrogens with one attached hydrogen (secondary N) is 1. The lowest BCUT2D eigenvalue weighted by Crippen LogP contribution is -2.12. The lowest BCUT2D eigenvalue weighted by atomic mass is 10.2. The smallest absolute Gasteiger partial charge is 0.338 e. The first kappa shape index (κ1) is 19.2. The molecule has 0 spiro atoms. The first-order valence-corrected chi connectivity index (χ1v) is 9.57. The normalized spacial score (nSPS) is 10.6. The van der Waals surface area contributed by atoms with E-state index < -0.39 is 5.97 Å². The molecule has 1 N–H and O–H groups in total. The van der Waals surface area contributed by atoms with E-state index in [4.69, 9.17) is 21.1 Å². The maximum atomic E-state index is 12.7. The van der Waals surface area contributed by atoms with Crippen LogP contribution in [0.5, 0.6) is 5.75 Å². The second-order valence-electron chi connectivity index (χ2n) is 5.78. The Kier molecular flexibility index (Phi) is 5.98. The minimum atomic E-state index is -0.417. The summed E-state index contributed by atoms with van der Waals surface area (Å²) >= 11 is 7.71. The van der Waals surface area contributed by atoms with Crippen LogP contribution in [-0.4, -0.2) is 25.6 Å². The Morgan fingerprint density at radius 1 is 1.19 bits per heavy atom. The van der Waals surface area contributed by atoms with Crippen LogP contribution in [-0.2, 0) is 4.74 Å². The van der Waals surface area contributed by atoms with Crippen LogP contribution in [0.1, 0.15) is 33.4 Å². The molecule has 1 aromatic heterocycles. The molecule has 2 aromatic carbocycles. The number of carbonyl (C=O) groups is 2. The van der Waals surface area contributed by atoms with E-state index >= 15 is 0 Å². The number of rotatable bonds is 6. The maximum Gasteiger partial charge on any atom is 0.338 e. The minimum absolute atomic E-state index is 0.334. The second kappa shape index (κ2) is 8.41. The number of amides is 1. The van der Waals surface area contributed by atoms with Crippen molar-refractivity contribution in [3.05, 3.63) is 57.9 Å². The molecule has 1 amide bonds. The van der Waals surface area contributed by atoms with E-state index in [-0.39, 0.29) is 5.91 Å². The molecule has 3 rings (SSSR count). The molecular weight excluding hydrogens is 386 g/mol. The Hall–Kier alpha value is -2.57. The first-order valence-electron chi connectivity index (χ1n) is 8.38. The summed E-state index contributed by atoms with van der Waals surface area (Å²) in [4.78, 5) is 25.1. The third kappa shape index (κ3) is 4.23. The molecular formula is C20H18ClNO4S. The number of halogens is 1. The Bertz CT molecular complexity index is 999. The summed E-state index contributed by atoms with van der Waals surface area (Å²) in [5.41, 5.74) is 0.880. The van der Waals surface area contributed by atoms with E-state index in [0.717, 1.165) is 16.5 Å². The van der Waals surface area contributed by atoms with Crippen LogP contribution in [0.2, 0.25) is 5.02 Å². The van der Waals surface area contributed by atoms with Gasteiger partial charge in [-0.2, -0.15) is 0 Å². The summed E-state index contributed by atoms with van der Waals surface area (Å²) in [6.07, 6.45) is 0.747. The highest BCUT2D eigenvalue weighted by atomic mass is 35.5. The fraction of sp³-hybridized carbons (Fsp3) is 0.200. The Balaban J connectivity index is 1.82. The largest absolute Gasteiger partial charge is 0.497 e. The molecule has 0 atom stereocenters. The van der Waals surface area contributed by atoms with Crippen molar-refractivity contribution in [3.8, 4) is 5.75 Å². The first-order chi connectivity index (χ1) is 13.0. The topological polar surface area (TPSA) is 64.6 Å². The van der Waals surface area contributed by atoms with Crippen LogP contribution < -0.4 is 10.1 Å². The number of fused-ring (bicyclic) bond motifs is 1. The van der Waals surface area contributed by atoms with Gasteiger partial charge in [0.1, 0.15) is 10.6 Å². The molecule has 7 heteroatoms. The Labute approximate surface area is 165 Å². The van der Waals surface area contributed by atoms with Gasteiger partial charge in [-0.25, -0.2) is 4.79 Å². The molecule has 1 heterocycles. The van der Waals surface area contributed by atoms with Crippen molar-refractivity contribution >= 4 is 50.6 Å². The van der Waals surface area contributed by atoms with Crippen molar-refractivity contribution < 1.29 is 19.1 Å². The van der Waals surface area contributed by atoms with Crippen molar-refractivity contribution in [1.82, 2.24) is 0 Å². The van der Waals surface area contributed by atoms with Crippen molar-refractivity contribution in [1.29, 1.82) is 0 Å². The van der Waals surface area contributed by atoms with E-state index in [0.29, 0.717) is 33.5 Å². The third-order valence-electron chi connectivity index (χ3n) is 3.83. The number of hydrogen-bond acceptors (Lipinski definition) is 5. The molecule has 0 radical (unpaired) electrons. The SMILES string of the molecule is CCCOC(=O)c1cccc(NC(=O)c2sc3ccc(OC)cc3c2Cl)c1. The molecule has 140 valence electrons. The summed E-state index contributed by atoms with van der Waals surface area (Å²) in [5, 5.41) is 3.93. The van der Waals surface area contributed by atoms with Gasteiger partial charge in [-0.1, -0.05) is 24.6 Å². The van der Waals surface area contributed by atoms with Gasteiger partial charge in [0.25, 0.3) is 5.91 Å².